The molecule has 0 bridgehead atoms. The normalized spacial score (nSPS) is 15.2. The maximum atomic E-state index is 14.8. The Bertz CT molecular complexity index is 1840. The SMILES string of the molecule is Cc1ccc(Nc2c3c(=O)n(C4CC4)c(=O)n(-c4cccc(C(=O)C5CC5)c4)c3c(C)c(=O)n2C)c(F)c1. The second-order valence-electron chi connectivity index (χ2n) is 10.4. The zero-order valence-corrected chi connectivity index (χ0v) is 21.4. The second kappa shape index (κ2) is 8.65. The lowest BCUT2D eigenvalue weighted by Gasteiger charge is -2.21. The molecule has 2 aliphatic rings. The molecule has 4 aromatic rings. The summed E-state index contributed by atoms with van der Waals surface area (Å²) < 4.78 is 18.7. The van der Waals surface area contributed by atoms with E-state index in [0.717, 1.165) is 18.4 Å². The Morgan fingerprint density at radius 3 is 2.37 bits per heavy atom. The van der Waals surface area contributed by atoms with Crippen molar-refractivity contribution in [2.45, 2.75) is 45.6 Å². The Labute approximate surface area is 217 Å². The van der Waals surface area contributed by atoms with Crippen molar-refractivity contribution in [3.8, 4) is 5.69 Å². The monoisotopic (exact) mass is 514 g/mol. The van der Waals surface area contributed by atoms with Gasteiger partial charge in [-0.05, 0) is 69.4 Å². The molecule has 0 amide bonds. The minimum Gasteiger partial charge on any atom is -0.338 e. The summed E-state index contributed by atoms with van der Waals surface area (Å²) in [6.07, 6.45) is 3.05. The molecule has 0 atom stereocenters. The smallest absolute Gasteiger partial charge is 0.336 e. The van der Waals surface area contributed by atoms with E-state index in [1.54, 1.807) is 50.2 Å². The Morgan fingerprint density at radius 1 is 0.974 bits per heavy atom. The molecule has 2 aromatic carbocycles. The highest BCUT2D eigenvalue weighted by molar-refractivity contribution is 6.00. The molecular weight excluding hydrogens is 487 g/mol. The van der Waals surface area contributed by atoms with Crippen LogP contribution in [0, 0.1) is 25.6 Å². The van der Waals surface area contributed by atoms with Gasteiger partial charge < -0.3 is 5.32 Å². The number of nitrogens with one attached hydrogen (secondary N) is 1. The van der Waals surface area contributed by atoms with E-state index in [-0.39, 0.29) is 45.7 Å². The fourth-order valence-electron chi connectivity index (χ4n) is 5.08. The van der Waals surface area contributed by atoms with Crippen LogP contribution in [0.1, 0.15) is 53.2 Å². The molecular formula is C29H27FN4O4. The molecule has 0 spiro atoms. The fraction of sp³-hybridized carbons (Fsp3) is 0.310. The number of carbonyl (C=O) groups is 1. The molecule has 2 fully saturated rings. The first-order valence-corrected chi connectivity index (χ1v) is 12.8. The third-order valence-corrected chi connectivity index (χ3v) is 7.47. The maximum Gasteiger partial charge on any atom is 0.336 e. The highest BCUT2D eigenvalue weighted by Gasteiger charge is 2.33. The van der Waals surface area contributed by atoms with E-state index in [4.69, 9.17) is 0 Å². The van der Waals surface area contributed by atoms with E-state index in [0.29, 0.717) is 24.1 Å². The summed E-state index contributed by atoms with van der Waals surface area (Å²) in [6.45, 7) is 3.33. The first-order chi connectivity index (χ1) is 18.2. The average molecular weight is 515 g/mol. The number of carbonyl (C=O) groups excluding carboxylic acids is 1. The van der Waals surface area contributed by atoms with Crippen LogP contribution in [-0.2, 0) is 7.05 Å². The van der Waals surface area contributed by atoms with Crippen molar-refractivity contribution in [2.24, 2.45) is 13.0 Å². The Hall–Kier alpha value is -4.27. The molecule has 38 heavy (non-hydrogen) atoms. The zero-order valence-electron chi connectivity index (χ0n) is 21.4. The van der Waals surface area contributed by atoms with Crippen molar-refractivity contribution < 1.29 is 9.18 Å². The standard InChI is InChI=1S/C29H27FN4O4/c1-15-7-12-22(21(30)13-15)31-26-23-24(16(2)27(36)32(26)3)33(29(38)34(28(23)37)19-10-11-19)20-6-4-5-18(14-20)25(35)17-8-9-17/h4-7,12-14,17,19,31H,8-11H2,1-3H3. The minimum absolute atomic E-state index is 0.00614. The third-order valence-electron chi connectivity index (χ3n) is 7.47. The van der Waals surface area contributed by atoms with Crippen LogP contribution in [0.25, 0.3) is 16.6 Å². The summed E-state index contributed by atoms with van der Waals surface area (Å²) in [5.41, 5.74) is 0.506. The largest absolute Gasteiger partial charge is 0.338 e. The van der Waals surface area contributed by atoms with Crippen molar-refractivity contribution in [2.75, 3.05) is 5.32 Å². The van der Waals surface area contributed by atoms with Gasteiger partial charge in [-0.25, -0.2) is 9.18 Å². The van der Waals surface area contributed by atoms with Gasteiger partial charge >= 0.3 is 5.69 Å². The predicted molar refractivity (Wildman–Crippen MR) is 144 cm³/mol. The lowest BCUT2D eigenvalue weighted by atomic mass is 10.1. The van der Waals surface area contributed by atoms with Crippen LogP contribution in [-0.4, -0.2) is 19.5 Å². The summed E-state index contributed by atoms with van der Waals surface area (Å²) in [5.74, 6) is -0.428. The highest BCUT2D eigenvalue weighted by Crippen LogP contribution is 2.35. The van der Waals surface area contributed by atoms with Gasteiger partial charge in [-0.15, -0.1) is 0 Å². The molecule has 0 unspecified atom stereocenters. The summed E-state index contributed by atoms with van der Waals surface area (Å²) in [7, 11) is 1.51. The number of aryl methyl sites for hydroxylation is 2. The number of fused-ring (bicyclic) bond motifs is 1. The Morgan fingerprint density at radius 2 is 1.71 bits per heavy atom. The summed E-state index contributed by atoms with van der Waals surface area (Å²) in [5, 5.41) is 3.07. The van der Waals surface area contributed by atoms with Gasteiger partial charge in [-0.3, -0.25) is 28.1 Å². The number of anilines is 2. The van der Waals surface area contributed by atoms with E-state index in [9.17, 15) is 23.6 Å². The summed E-state index contributed by atoms with van der Waals surface area (Å²) in [4.78, 5) is 54.0. The molecule has 8 nitrogen and oxygen atoms in total. The van der Waals surface area contributed by atoms with Gasteiger partial charge in [0.05, 0.1) is 16.9 Å². The Kier molecular flexibility index (Phi) is 5.48. The molecule has 2 heterocycles. The quantitative estimate of drug-likeness (QED) is 0.388. The molecule has 194 valence electrons. The van der Waals surface area contributed by atoms with Crippen LogP contribution in [0.3, 0.4) is 0 Å². The van der Waals surface area contributed by atoms with Crippen molar-refractivity contribution in [3.63, 3.8) is 0 Å². The van der Waals surface area contributed by atoms with Crippen LogP contribution >= 0.6 is 0 Å². The summed E-state index contributed by atoms with van der Waals surface area (Å²) in [6, 6.07) is 11.1. The van der Waals surface area contributed by atoms with E-state index in [1.807, 2.05) is 0 Å². The third kappa shape index (κ3) is 3.81. The second-order valence-corrected chi connectivity index (χ2v) is 10.4. The van der Waals surface area contributed by atoms with Crippen LogP contribution < -0.4 is 22.1 Å². The van der Waals surface area contributed by atoms with E-state index >= 15 is 0 Å². The molecule has 0 saturated heterocycles. The first kappa shape index (κ1) is 24.1. The summed E-state index contributed by atoms with van der Waals surface area (Å²) >= 11 is 0. The Balaban J connectivity index is 1.70. The number of hydrogen-bond acceptors (Lipinski definition) is 5. The van der Waals surface area contributed by atoms with E-state index < -0.39 is 22.6 Å². The minimum atomic E-state index is -0.565. The molecule has 2 aromatic heterocycles. The van der Waals surface area contributed by atoms with Crippen LogP contribution in [0.2, 0.25) is 0 Å². The van der Waals surface area contributed by atoms with Gasteiger partial charge in [-0.2, -0.15) is 0 Å². The highest BCUT2D eigenvalue weighted by atomic mass is 19.1. The number of Topliss-reactive ketones (excluding diaryl/α,β-unsaturated/α-hetero) is 1. The average Bonchev–Trinajstić information content (AvgIpc) is 3.80. The van der Waals surface area contributed by atoms with Crippen molar-refractivity contribution >= 4 is 28.2 Å². The number of nitrogens with zero attached hydrogens (tertiary/aromatic N) is 3. The van der Waals surface area contributed by atoms with E-state index in [1.165, 1.54) is 26.8 Å². The molecule has 2 aliphatic carbocycles. The van der Waals surface area contributed by atoms with Crippen molar-refractivity contribution in [3.05, 3.63) is 96.2 Å². The number of ketones is 1. The topological polar surface area (TPSA) is 95.1 Å². The molecule has 6 rings (SSSR count). The fourth-order valence-corrected chi connectivity index (χ4v) is 5.08. The zero-order chi connectivity index (χ0) is 26.9. The van der Waals surface area contributed by atoms with Crippen LogP contribution in [0.15, 0.2) is 56.8 Å². The predicted octanol–water partition coefficient (Wildman–Crippen LogP) is 4.28. The van der Waals surface area contributed by atoms with Crippen LogP contribution in [0.5, 0.6) is 0 Å². The number of pyridine rings is 1. The lowest BCUT2D eigenvalue weighted by Crippen LogP contribution is -2.41. The van der Waals surface area contributed by atoms with Gasteiger partial charge in [0.15, 0.2) is 5.78 Å². The molecule has 0 aliphatic heterocycles. The van der Waals surface area contributed by atoms with E-state index in [2.05, 4.69) is 5.32 Å². The number of halogens is 1. The lowest BCUT2D eigenvalue weighted by molar-refractivity contribution is 0.0967. The maximum absolute atomic E-state index is 14.8. The van der Waals surface area contributed by atoms with Gasteiger partial charge in [-0.1, -0.05) is 18.2 Å². The van der Waals surface area contributed by atoms with Crippen molar-refractivity contribution in [1.82, 2.24) is 13.7 Å². The number of aromatic nitrogens is 3. The molecule has 9 heteroatoms. The van der Waals surface area contributed by atoms with Crippen LogP contribution in [0.4, 0.5) is 15.9 Å². The number of benzene rings is 2. The molecule has 0 radical (unpaired) electrons. The number of rotatable bonds is 6. The molecule has 1 N–H and O–H groups in total. The first-order valence-electron chi connectivity index (χ1n) is 12.8. The number of hydrogen-bond donors (Lipinski definition) is 1. The molecule has 2 saturated carbocycles. The van der Waals surface area contributed by atoms with Gasteiger partial charge in [0.25, 0.3) is 11.1 Å². The van der Waals surface area contributed by atoms with Gasteiger partial charge in [0, 0.05) is 30.1 Å². The van der Waals surface area contributed by atoms with Gasteiger partial charge in [0.2, 0.25) is 0 Å². The van der Waals surface area contributed by atoms with Crippen molar-refractivity contribution in [1.29, 1.82) is 0 Å². The van der Waals surface area contributed by atoms with Gasteiger partial charge in [0.1, 0.15) is 17.0 Å².